The normalized spacial score (nSPS) is 16.4. The van der Waals surface area contributed by atoms with Gasteiger partial charge in [-0.05, 0) is 31.9 Å². The number of nitro benzene ring substituents is 1. The molecule has 0 aliphatic heterocycles. The minimum absolute atomic E-state index is 0.0765. The Hall–Kier alpha value is -2.44. The Balaban J connectivity index is 2.07. The van der Waals surface area contributed by atoms with E-state index in [1.807, 2.05) is 0 Å². The predicted molar refractivity (Wildman–Crippen MR) is 83.6 cm³/mol. The number of amides is 1. The van der Waals surface area contributed by atoms with Gasteiger partial charge >= 0.3 is 5.69 Å². The summed E-state index contributed by atoms with van der Waals surface area (Å²) >= 11 is 0. The van der Waals surface area contributed by atoms with Crippen molar-refractivity contribution in [2.24, 2.45) is 0 Å². The topological polar surface area (TPSA) is 98.5 Å². The van der Waals surface area contributed by atoms with E-state index in [1.54, 1.807) is 0 Å². The number of aldehydes is 1. The summed E-state index contributed by atoms with van der Waals surface area (Å²) in [7, 11) is 0. The van der Waals surface area contributed by atoms with Gasteiger partial charge in [-0.15, -0.1) is 0 Å². The van der Waals surface area contributed by atoms with Crippen LogP contribution < -0.4 is 10.1 Å². The maximum absolute atomic E-state index is 12.2. The molecule has 0 spiro atoms. The molecule has 1 aliphatic rings. The van der Waals surface area contributed by atoms with E-state index in [0.717, 1.165) is 25.7 Å². The molecule has 0 bridgehead atoms. The van der Waals surface area contributed by atoms with Gasteiger partial charge in [-0.25, -0.2) is 0 Å². The molecule has 0 heterocycles. The molecule has 2 rings (SSSR count). The molecule has 7 nitrogen and oxygen atoms in total. The second-order valence-electron chi connectivity index (χ2n) is 5.67. The average molecular weight is 320 g/mol. The molecule has 1 aromatic carbocycles. The molecule has 23 heavy (non-hydrogen) atoms. The highest BCUT2D eigenvalue weighted by Crippen LogP contribution is 2.30. The van der Waals surface area contributed by atoms with Crippen molar-refractivity contribution >= 4 is 17.9 Å². The first kappa shape index (κ1) is 16.9. The number of rotatable bonds is 6. The molecular weight excluding hydrogens is 300 g/mol. The van der Waals surface area contributed by atoms with Crippen LogP contribution in [0.15, 0.2) is 18.2 Å². The van der Waals surface area contributed by atoms with Crippen LogP contribution in [0.2, 0.25) is 0 Å². The summed E-state index contributed by atoms with van der Waals surface area (Å²) in [5.41, 5.74) is -0.493. The van der Waals surface area contributed by atoms with Crippen molar-refractivity contribution in [1.29, 1.82) is 0 Å². The van der Waals surface area contributed by atoms with Gasteiger partial charge in [-0.2, -0.15) is 0 Å². The van der Waals surface area contributed by atoms with Crippen LogP contribution in [0.3, 0.4) is 0 Å². The van der Waals surface area contributed by atoms with E-state index < -0.39 is 16.7 Å². The van der Waals surface area contributed by atoms with Crippen molar-refractivity contribution in [3.05, 3.63) is 33.9 Å². The Labute approximate surface area is 134 Å². The molecule has 1 aromatic rings. The zero-order valence-corrected chi connectivity index (χ0v) is 13.0. The fourth-order valence-corrected chi connectivity index (χ4v) is 2.73. The minimum atomic E-state index is -0.877. The van der Waals surface area contributed by atoms with Crippen LogP contribution in [0.1, 0.15) is 49.4 Å². The molecule has 0 saturated heterocycles. The summed E-state index contributed by atoms with van der Waals surface area (Å²) < 4.78 is 5.44. The number of para-hydroxylation sites is 1. The molecule has 1 fully saturated rings. The predicted octanol–water partition coefficient (Wildman–Crippen LogP) is 2.62. The highest BCUT2D eigenvalue weighted by atomic mass is 16.6. The van der Waals surface area contributed by atoms with Crippen LogP contribution in [0.5, 0.6) is 5.75 Å². The van der Waals surface area contributed by atoms with Crippen LogP contribution in [-0.4, -0.2) is 29.3 Å². The first-order valence-corrected chi connectivity index (χ1v) is 7.72. The quantitative estimate of drug-likeness (QED) is 0.493. The van der Waals surface area contributed by atoms with Crippen LogP contribution in [0.4, 0.5) is 5.69 Å². The Kier molecular flexibility index (Phi) is 5.67. The molecule has 0 radical (unpaired) electrons. The van der Waals surface area contributed by atoms with Crippen LogP contribution in [0.25, 0.3) is 0 Å². The molecule has 7 heteroatoms. The van der Waals surface area contributed by atoms with Gasteiger partial charge in [0.25, 0.3) is 5.91 Å². The summed E-state index contributed by atoms with van der Waals surface area (Å²) in [6, 6.07) is 4.34. The third-order valence-corrected chi connectivity index (χ3v) is 3.96. The molecule has 1 unspecified atom stereocenters. The van der Waals surface area contributed by atoms with Crippen molar-refractivity contribution in [2.75, 3.05) is 0 Å². The molecule has 1 saturated carbocycles. The number of carbonyl (C=O) groups excluding carboxylic acids is 2. The van der Waals surface area contributed by atoms with Gasteiger partial charge in [0.05, 0.1) is 10.5 Å². The lowest BCUT2D eigenvalue weighted by Crippen LogP contribution is -2.43. The van der Waals surface area contributed by atoms with Gasteiger partial charge in [0.1, 0.15) is 0 Å². The average Bonchev–Trinajstić information content (AvgIpc) is 2.55. The highest BCUT2D eigenvalue weighted by Gasteiger charge is 2.25. The number of hydrogen-bond acceptors (Lipinski definition) is 5. The maximum Gasteiger partial charge on any atom is 0.321 e. The van der Waals surface area contributed by atoms with Crippen molar-refractivity contribution in [3.63, 3.8) is 0 Å². The van der Waals surface area contributed by atoms with E-state index in [0.29, 0.717) is 6.29 Å². The Bertz CT molecular complexity index is 596. The van der Waals surface area contributed by atoms with E-state index in [1.165, 1.54) is 31.5 Å². The Morgan fingerprint density at radius 1 is 1.39 bits per heavy atom. The Morgan fingerprint density at radius 2 is 2.09 bits per heavy atom. The SMILES string of the molecule is CC(Oc1cccc(C=O)c1[N+](=O)[O-])C(=O)NC1CCCCC1. The van der Waals surface area contributed by atoms with E-state index in [9.17, 15) is 19.7 Å². The fraction of sp³-hybridized carbons (Fsp3) is 0.500. The lowest BCUT2D eigenvalue weighted by molar-refractivity contribution is -0.386. The zero-order chi connectivity index (χ0) is 16.8. The lowest BCUT2D eigenvalue weighted by Gasteiger charge is -2.24. The van der Waals surface area contributed by atoms with Gasteiger partial charge in [-0.3, -0.25) is 19.7 Å². The van der Waals surface area contributed by atoms with Crippen molar-refractivity contribution in [1.82, 2.24) is 5.32 Å². The zero-order valence-electron chi connectivity index (χ0n) is 13.0. The molecule has 0 aromatic heterocycles. The maximum atomic E-state index is 12.2. The third-order valence-electron chi connectivity index (χ3n) is 3.96. The molecular formula is C16H20N2O5. The molecule has 1 amide bonds. The first-order valence-electron chi connectivity index (χ1n) is 7.72. The van der Waals surface area contributed by atoms with E-state index in [2.05, 4.69) is 5.32 Å². The van der Waals surface area contributed by atoms with Gasteiger partial charge in [-0.1, -0.05) is 25.3 Å². The number of nitrogens with zero attached hydrogens (tertiary/aromatic N) is 1. The third kappa shape index (κ3) is 4.28. The van der Waals surface area contributed by atoms with Gasteiger partial charge in [0.15, 0.2) is 18.1 Å². The second kappa shape index (κ2) is 7.71. The number of nitro groups is 1. The summed E-state index contributed by atoms with van der Waals surface area (Å²) in [5.74, 6) is -0.381. The van der Waals surface area contributed by atoms with Crippen LogP contribution in [-0.2, 0) is 4.79 Å². The van der Waals surface area contributed by atoms with Crippen LogP contribution in [0, 0.1) is 10.1 Å². The molecule has 124 valence electrons. The standard InChI is InChI=1S/C16H20N2O5/c1-11(16(20)17-13-7-3-2-4-8-13)23-14-9-5-6-12(10-19)15(14)18(21)22/h5-6,9-11,13H,2-4,7-8H2,1H3,(H,17,20). The number of hydrogen-bond donors (Lipinski definition) is 1. The van der Waals surface area contributed by atoms with Crippen molar-refractivity contribution in [2.45, 2.75) is 51.2 Å². The first-order chi connectivity index (χ1) is 11.0. The fourth-order valence-electron chi connectivity index (χ4n) is 2.73. The smallest absolute Gasteiger partial charge is 0.321 e. The van der Waals surface area contributed by atoms with Gasteiger partial charge < -0.3 is 10.1 Å². The summed E-state index contributed by atoms with van der Waals surface area (Å²) in [4.78, 5) is 33.6. The summed E-state index contributed by atoms with van der Waals surface area (Å²) in [5, 5.41) is 14.0. The molecule has 1 atom stereocenters. The summed E-state index contributed by atoms with van der Waals surface area (Å²) in [6.07, 6.45) is 4.77. The second-order valence-corrected chi connectivity index (χ2v) is 5.67. The number of nitrogens with one attached hydrogen (secondary N) is 1. The largest absolute Gasteiger partial charge is 0.474 e. The minimum Gasteiger partial charge on any atom is -0.474 e. The van der Waals surface area contributed by atoms with Crippen molar-refractivity contribution in [3.8, 4) is 5.75 Å². The molecule has 1 N–H and O–H groups in total. The van der Waals surface area contributed by atoms with E-state index in [-0.39, 0.29) is 23.3 Å². The van der Waals surface area contributed by atoms with E-state index in [4.69, 9.17) is 4.74 Å². The van der Waals surface area contributed by atoms with Gasteiger partial charge in [0, 0.05) is 6.04 Å². The highest BCUT2D eigenvalue weighted by molar-refractivity contribution is 5.84. The van der Waals surface area contributed by atoms with Crippen LogP contribution >= 0.6 is 0 Å². The molecule has 1 aliphatic carbocycles. The number of carbonyl (C=O) groups is 2. The van der Waals surface area contributed by atoms with Gasteiger partial charge in [0.2, 0.25) is 0 Å². The van der Waals surface area contributed by atoms with E-state index >= 15 is 0 Å². The number of ether oxygens (including phenoxy) is 1. The summed E-state index contributed by atoms with van der Waals surface area (Å²) in [6.45, 7) is 1.54. The monoisotopic (exact) mass is 320 g/mol. The number of benzene rings is 1. The lowest BCUT2D eigenvalue weighted by atomic mass is 9.95. The van der Waals surface area contributed by atoms with Crippen molar-refractivity contribution < 1.29 is 19.2 Å². The Morgan fingerprint density at radius 3 is 2.70 bits per heavy atom.